The van der Waals surface area contributed by atoms with Crippen LogP contribution in [-0.4, -0.2) is 35.2 Å². The highest BCUT2D eigenvalue weighted by Gasteiger charge is 2.22. The standard InChI is InChI=1S/C15H22N2OS/c1-10-6-13(15(16)19)4-5-14(10)9-17-7-11(2)18-12(3)8-17/h4-6,11-12H,7-9H2,1-3H3,(H2,16,19)/t11-,12+. The van der Waals surface area contributed by atoms with Crippen LogP contribution in [0.5, 0.6) is 0 Å². The molecule has 1 aliphatic rings. The largest absolute Gasteiger partial charge is 0.389 e. The number of hydrogen-bond acceptors (Lipinski definition) is 3. The number of nitrogens with two attached hydrogens (primary N) is 1. The summed E-state index contributed by atoms with van der Waals surface area (Å²) in [4.78, 5) is 2.91. The number of ether oxygens (including phenoxy) is 1. The lowest BCUT2D eigenvalue weighted by molar-refractivity contribution is -0.0705. The van der Waals surface area contributed by atoms with E-state index >= 15 is 0 Å². The molecule has 2 rings (SSSR count). The molecular formula is C15H22N2OS. The molecule has 0 spiro atoms. The van der Waals surface area contributed by atoms with Gasteiger partial charge in [-0.05, 0) is 38.0 Å². The van der Waals surface area contributed by atoms with Gasteiger partial charge in [-0.2, -0.15) is 0 Å². The van der Waals surface area contributed by atoms with Gasteiger partial charge in [-0.25, -0.2) is 0 Å². The SMILES string of the molecule is Cc1cc(C(N)=S)ccc1CN1C[C@@H](C)O[C@@H](C)C1. The van der Waals surface area contributed by atoms with Crippen LogP contribution in [0.1, 0.15) is 30.5 Å². The van der Waals surface area contributed by atoms with E-state index in [2.05, 4.69) is 37.8 Å². The van der Waals surface area contributed by atoms with E-state index in [1.807, 2.05) is 6.07 Å². The van der Waals surface area contributed by atoms with E-state index in [9.17, 15) is 0 Å². The van der Waals surface area contributed by atoms with Gasteiger partial charge in [0.05, 0.1) is 12.2 Å². The van der Waals surface area contributed by atoms with E-state index in [0.29, 0.717) is 17.2 Å². The van der Waals surface area contributed by atoms with Crippen molar-refractivity contribution in [2.24, 2.45) is 5.73 Å². The molecule has 0 amide bonds. The fraction of sp³-hybridized carbons (Fsp3) is 0.533. The lowest BCUT2D eigenvalue weighted by Gasteiger charge is -2.35. The van der Waals surface area contributed by atoms with Gasteiger partial charge < -0.3 is 10.5 Å². The summed E-state index contributed by atoms with van der Waals surface area (Å²) >= 11 is 5.01. The van der Waals surface area contributed by atoms with Crippen molar-refractivity contribution in [3.05, 3.63) is 34.9 Å². The maximum absolute atomic E-state index is 5.76. The van der Waals surface area contributed by atoms with Crippen molar-refractivity contribution >= 4 is 17.2 Å². The molecule has 1 aromatic carbocycles. The third kappa shape index (κ3) is 3.75. The molecule has 19 heavy (non-hydrogen) atoms. The van der Waals surface area contributed by atoms with E-state index in [1.54, 1.807) is 0 Å². The maximum atomic E-state index is 5.76. The van der Waals surface area contributed by atoms with Crippen molar-refractivity contribution < 1.29 is 4.74 Å². The normalized spacial score (nSPS) is 24.4. The molecule has 0 aromatic heterocycles. The average Bonchev–Trinajstić information content (AvgIpc) is 2.30. The number of morpholine rings is 1. The molecule has 0 saturated carbocycles. The molecule has 0 bridgehead atoms. The third-order valence-corrected chi connectivity index (χ3v) is 3.75. The summed E-state index contributed by atoms with van der Waals surface area (Å²) in [5, 5.41) is 0. The maximum Gasteiger partial charge on any atom is 0.103 e. The zero-order valence-corrected chi connectivity index (χ0v) is 12.7. The molecule has 1 aliphatic heterocycles. The van der Waals surface area contributed by atoms with Crippen LogP contribution in [0.4, 0.5) is 0 Å². The van der Waals surface area contributed by atoms with Crippen molar-refractivity contribution in [3.8, 4) is 0 Å². The molecule has 1 saturated heterocycles. The van der Waals surface area contributed by atoms with Gasteiger partial charge in [0.2, 0.25) is 0 Å². The number of hydrogen-bond donors (Lipinski definition) is 1. The monoisotopic (exact) mass is 278 g/mol. The van der Waals surface area contributed by atoms with Crippen molar-refractivity contribution in [2.75, 3.05) is 13.1 Å². The summed E-state index contributed by atoms with van der Waals surface area (Å²) in [7, 11) is 0. The lowest BCUT2D eigenvalue weighted by atomic mass is 10.0. The van der Waals surface area contributed by atoms with Gasteiger partial charge in [0.1, 0.15) is 4.99 Å². The summed E-state index contributed by atoms with van der Waals surface area (Å²) in [6.45, 7) is 9.31. The molecule has 1 aromatic rings. The Hall–Kier alpha value is -0.970. The molecular weight excluding hydrogens is 256 g/mol. The minimum absolute atomic E-state index is 0.306. The van der Waals surface area contributed by atoms with Crippen LogP contribution in [-0.2, 0) is 11.3 Å². The van der Waals surface area contributed by atoms with Crippen LogP contribution in [0, 0.1) is 6.92 Å². The first kappa shape index (κ1) is 14.4. The van der Waals surface area contributed by atoms with Crippen LogP contribution in [0.3, 0.4) is 0 Å². The third-order valence-electron chi connectivity index (χ3n) is 3.52. The molecule has 2 N–H and O–H groups in total. The van der Waals surface area contributed by atoms with Gasteiger partial charge in [-0.15, -0.1) is 0 Å². The highest BCUT2D eigenvalue weighted by Crippen LogP contribution is 2.17. The van der Waals surface area contributed by atoms with E-state index in [4.69, 9.17) is 22.7 Å². The van der Waals surface area contributed by atoms with Crippen molar-refractivity contribution in [3.63, 3.8) is 0 Å². The Bertz CT molecular complexity index is 465. The Labute approximate surface area is 120 Å². The van der Waals surface area contributed by atoms with Crippen molar-refractivity contribution in [1.29, 1.82) is 0 Å². The minimum Gasteiger partial charge on any atom is -0.389 e. The zero-order valence-electron chi connectivity index (χ0n) is 11.8. The molecule has 0 aliphatic carbocycles. The molecule has 1 fully saturated rings. The Morgan fingerprint density at radius 2 is 2.00 bits per heavy atom. The van der Waals surface area contributed by atoms with Crippen LogP contribution in [0.2, 0.25) is 0 Å². The van der Waals surface area contributed by atoms with Crippen molar-refractivity contribution in [2.45, 2.75) is 39.5 Å². The average molecular weight is 278 g/mol. The fourth-order valence-corrected chi connectivity index (χ4v) is 2.81. The van der Waals surface area contributed by atoms with Gasteiger partial charge in [-0.1, -0.05) is 24.4 Å². The van der Waals surface area contributed by atoms with E-state index < -0.39 is 0 Å². The topological polar surface area (TPSA) is 38.5 Å². The Balaban J connectivity index is 2.08. The summed E-state index contributed by atoms with van der Waals surface area (Å²) in [5.74, 6) is 0. The first-order chi connectivity index (χ1) is 8.95. The van der Waals surface area contributed by atoms with Crippen LogP contribution < -0.4 is 5.73 Å². The number of benzene rings is 1. The highest BCUT2D eigenvalue weighted by atomic mass is 32.1. The molecule has 0 radical (unpaired) electrons. The number of aryl methyl sites for hydroxylation is 1. The van der Waals surface area contributed by atoms with E-state index in [0.717, 1.165) is 25.2 Å². The van der Waals surface area contributed by atoms with Crippen LogP contribution in [0.25, 0.3) is 0 Å². The first-order valence-corrected chi connectivity index (χ1v) is 7.13. The smallest absolute Gasteiger partial charge is 0.103 e. The molecule has 104 valence electrons. The number of thiocarbonyl (C=S) groups is 1. The molecule has 1 heterocycles. The van der Waals surface area contributed by atoms with E-state index in [1.165, 1.54) is 11.1 Å². The predicted molar refractivity (Wildman–Crippen MR) is 82.4 cm³/mol. The summed E-state index contributed by atoms with van der Waals surface area (Å²) in [5.41, 5.74) is 9.18. The second kappa shape index (κ2) is 5.99. The lowest BCUT2D eigenvalue weighted by Crippen LogP contribution is -2.44. The first-order valence-electron chi connectivity index (χ1n) is 6.73. The quantitative estimate of drug-likeness (QED) is 0.861. The van der Waals surface area contributed by atoms with Crippen LogP contribution in [0.15, 0.2) is 18.2 Å². The summed E-state index contributed by atoms with van der Waals surface area (Å²) in [6.07, 6.45) is 0.611. The minimum atomic E-state index is 0.306. The fourth-order valence-electron chi connectivity index (χ4n) is 2.68. The predicted octanol–water partition coefficient (Wildman–Crippen LogP) is 2.24. The van der Waals surface area contributed by atoms with Gasteiger partial charge in [0.25, 0.3) is 0 Å². The molecule has 3 nitrogen and oxygen atoms in total. The Kier molecular flexibility index (Phi) is 4.55. The van der Waals surface area contributed by atoms with Gasteiger partial charge in [0, 0.05) is 25.2 Å². The van der Waals surface area contributed by atoms with E-state index in [-0.39, 0.29) is 0 Å². The second-order valence-corrected chi connectivity index (χ2v) is 5.90. The Morgan fingerprint density at radius 1 is 1.37 bits per heavy atom. The second-order valence-electron chi connectivity index (χ2n) is 5.46. The number of rotatable bonds is 3. The number of nitrogens with zero attached hydrogens (tertiary/aromatic N) is 1. The summed E-state index contributed by atoms with van der Waals surface area (Å²) in [6, 6.07) is 6.22. The van der Waals surface area contributed by atoms with Crippen LogP contribution >= 0.6 is 12.2 Å². The highest BCUT2D eigenvalue weighted by molar-refractivity contribution is 7.80. The summed E-state index contributed by atoms with van der Waals surface area (Å²) < 4.78 is 5.76. The van der Waals surface area contributed by atoms with Gasteiger partial charge >= 0.3 is 0 Å². The van der Waals surface area contributed by atoms with Gasteiger partial charge in [0.15, 0.2) is 0 Å². The molecule has 2 atom stereocenters. The van der Waals surface area contributed by atoms with Crippen molar-refractivity contribution in [1.82, 2.24) is 4.90 Å². The van der Waals surface area contributed by atoms with Gasteiger partial charge in [-0.3, -0.25) is 4.90 Å². The Morgan fingerprint density at radius 3 is 2.53 bits per heavy atom. The molecule has 4 heteroatoms. The zero-order chi connectivity index (χ0) is 14.0. The molecule has 0 unspecified atom stereocenters.